The second-order valence-corrected chi connectivity index (χ2v) is 12.9. The lowest BCUT2D eigenvalue weighted by Gasteiger charge is -2.39. The highest BCUT2D eigenvalue weighted by molar-refractivity contribution is 6.39. The number of ether oxygens (including phenoxy) is 3. The van der Waals surface area contributed by atoms with Gasteiger partial charge in [-0.15, -0.1) is 0 Å². The predicted octanol–water partition coefficient (Wildman–Crippen LogP) is 6.82. The van der Waals surface area contributed by atoms with Gasteiger partial charge in [0.2, 0.25) is 11.8 Å². The Bertz CT molecular complexity index is 2100. The van der Waals surface area contributed by atoms with Crippen LogP contribution >= 0.6 is 0 Å². The highest BCUT2D eigenvalue weighted by Gasteiger charge is 2.82. The molecule has 0 aromatic heterocycles. The molecule has 1 aliphatic heterocycles. The summed E-state index contributed by atoms with van der Waals surface area (Å²) in [4.78, 5) is 59.2. The van der Waals surface area contributed by atoms with Crippen molar-refractivity contribution in [1.29, 1.82) is 0 Å². The van der Waals surface area contributed by atoms with Gasteiger partial charge in [0.05, 0.1) is 42.6 Å². The molecule has 5 aromatic carbocycles. The molecular weight excluding hydrogens is 642 g/mol. The van der Waals surface area contributed by atoms with Crippen LogP contribution in [0.15, 0.2) is 133 Å². The first kappa shape index (κ1) is 32.0. The number of fused-ring (bicyclic) bond motifs is 5. The molecule has 1 saturated carbocycles. The van der Waals surface area contributed by atoms with E-state index in [2.05, 4.69) is 0 Å². The number of methoxy groups -OCH3 is 2. The number of allylic oxidation sites excluding steroid dienone is 2. The maximum absolute atomic E-state index is 16.1. The van der Waals surface area contributed by atoms with Gasteiger partial charge in [0.15, 0.2) is 5.78 Å². The largest absolute Gasteiger partial charge is 0.497 e. The Labute approximate surface area is 294 Å². The molecular formula is C43H33NO7. The standard InChI is InChI=1S/C43H33NO7/c1-26(45)51-34-24-18-31(19-25-34)44-39(46)37-38(40(44)47)43(30-12-8-5-9-13-30)36(28-16-22-33(50-3)23-17-28)35(27-14-20-32(49-2)21-15-27)42(37,41(43)48)29-10-6-4-7-11-29/h4-25,37-38H,1-3H3/t37-,38-,42+,43+/m0/s1. The van der Waals surface area contributed by atoms with Crippen LogP contribution in [0.25, 0.3) is 11.1 Å². The van der Waals surface area contributed by atoms with E-state index in [0.29, 0.717) is 39.5 Å². The van der Waals surface area contributed by atoms with Gasteiger partial charge >= 0.3 is 5.97 Å². The fraction of sp³-hybridized carbons (Fsp3) is 0.163. The third-order valence-electron chi connectivity index (χ3n) is 10.6. The van der Waals surface area contributed by atoms with E-state index in [1.54, 1.807) is 38.5 Å². The maximum atomic E-state index is 16.1. The first-order valence-electron chi connectivity index (χ1n) is 16.6. The molecule has 8 nitrogen and oxygen atoms in total. The van der Waals surface area contributed by atoms with E-state index in [1.165, 1.54) is 11.8 Å². The molecule has 0 unspecified atom stereocenters. The summed E-state index contributed by atoms with van der Waals surface area (Å²) in [5.74, 6) is -2.24. The molecule has 1 saturated heterocycles. The van der Waals surface area contributed by atoms with Crippen LogP contribution in [-0.4, -0.2) is 37.8 Å². The van der Waals surface area contributed by atoms with Crippen LogP contribution in [0, 0.1) is 11.8 Å². The minimum absolute atomic E-state index is 0.217. The van der Waals surface area contributed by atoms with Crippen LogP contribution < -0.4 is 19.1 Å². The number of carbonyl (C=O) groups is 4. The Morgan fingerprint density at radius 2 is 0.941 bits per heavy atom. The molecule has 4 atom stereocenters. The van der Waals surface area contributed by atoms with Crippen molar-refractivity contribution in [3.05, 3.63) is 156 Å². The van der Waals surface area contributed by atoms with Crippen LogP contribution in [0.1, 0.15) is 29.2 Å². The van der Waals surface area contributed by atoms with Gasteiger partial charge < -0.3 is 14.2 Å². The summed E-state index contributed by atoms with van der Waals surface area (Å²) in [6.45, 7) is 1.30. The lowest BCUT2D eigenvalue weighted by molar-refractivity contribution is -0.132. The van der Waals surface area contributed by atoms with Crippen LogP contribution in [0.2, 0.25) is 0 Å². The first-order chi connectivity index (χ1) is 24.8. The lowest BCUT2D eigenvalue weighted by atomic mass is 9.59. The Kier molecular flexibility index (Phi) is 7.49. The second kappa shape index (κ2) is 11.9. The zero-order valence-corrected chi connectivity index (χ0v) is 28.2. The normalized spacial score (nSPS) is 23.4. The van der Waals surface area contributed by atoms with Gasteiger partial charge in [-0.2, -0.15) is 0 Å². The van der Waals surface area contributed by atoms with Gasteiger partial charge in [-0.3, -0.25) is 19.2 Å². The highest BCUT2D eigenvalue weighted by Crippen LogP contribution is 2.74. The monoisotopic (exact) mass is 675 g/mol. The Morgan fingerprint density at radius 1 is 0.549 bits per heavy atom. The molecule has 1 heterocycles. The molecule has 0 N–H and O–H groups in total. The average molecular weight is 676 g/mol. The summed E-state index contributed by atoms with van der Waals surface area (Å²) in [6.07, 6.45) is 0. The molecule has 8 heteroatoms. The topological polar surface area (TPSA) is 99.2 Å². The summed E-state index contributed by atoms with van der Waals surface area (Å²) in [6, 6.07) is 40.0. The zero-order valence-electron chi connectivity index (χ0n) is 28.2. The number of nitrogens with zero attached hydrogens (tertiary/aromatic N) is 1. The van der Waals surface area contributed by atoms with E-state index in [-0.39, 0.29) is 11.5 Å². The Morgan fingerprint density at radius 3 is 1.31 bits per heavy atom. The van der Waals surface area contributed by atoms with E-state index in [9.17, 15) is 4.79 Å². The summed E-state index contributed by atoms with van der Waals surface area (Å²) < 4.78 is 16.3. The summed E-state index contributed by atoms with van der Waals surface area (Å²) in [5, 5.41) is 0. The number of Topliss-reactive ketones (excluding diaryl/α,β-unsaturated/α-hetero) is 1. The third kappa shape index (κ3) is 4.39. The SMILES string of the molecule is COc1ccc(C2=C(c3ccc(OC)cc3)[C@@]3(c4ccccc4)C(=O)[C@@]2(c2ccccc2)[C@@H]2C(=O)N(c4ccc(OC(C)=O)cc4)C(=O)[C@H]23)cc1. The van der Waals surface area contributed by atoms with Crippen LogP contribution in [0.4, 0.5) is 5.69 Å². The number of amides is 2. The van der Waals surface area contributed by atoms with E-state index in [0.717, 1.165) is 11.1 Å². The first-order valence-corrected chi connectivity index (χ1v) is 16.6. The van der Waals surface area contributed by atoms with E-state index >= 15 is 14.4 Å². The number of carbonyl (C=O) groups excluding carboxylic acids is 4. The molecule has 3 aliphatic rings. The number of esters is 1. The van der Waals surface area contributed by atoms with Crippen molar-refractivity contribution in [1.82, 2.24) is 0 Å². The maximum Gasteiger partial charge on any atom is 0.308 e. The van der Waals surface area contributed by atoms with Crippen molar-refractivity contribution in [2.45, 2.75) is 17.8 Å². The van der Waals surface area contributed by atoms with Gasteiger partial charge in [0.1, 0.15) is 17.2 Å². The molecule has 51 heavy (non-hydrogen) atoms. The summed E-state index contributed by atoms with van der Waals surface area (Å²) in [7, 11) is 3.18. The predicted molar refractivity (Wildman–Crippen MR) is 191 cm³/mol. The van der Waals surface area contributed by atoms with Crippen molar-refractivity contribution in [2.24, 2.45) is 11.8 Å². The third-order valence-corrected chi connectivity index (χ3v) is 10.6. The van der Waals surface area contributed by atoms with E-state index in [1.807, 2.05) is 109 Å². The van der Waals surface area contributed by atoms with Gasteiger partial charge in [0, 0.05) is 6.92 Å². The number of ketones is 1. The molecule has 0 radical (unpaired) electrons. The minimum Gasteiger partial charge on any atom is -0.497 e. The Hall–Kier alpha value is -6.28. The van der Waals surface area contributed by atoms with Gasteiger partial charge in [-0.25, -0.2) is 4.90 Å². The van der Waals surface area contributed by atoms with Crippen LogP contribution in [0.3, 0.4) is 0 Å². The molecule has 2 bridgehead atoms. The fourth-order valence-corrected chi connectivity index (χ4v) is 8.72. The second-order valence-electron chi connectivity index (χ2n) is 12.9. The molecule has 0 spiro atoms. The number of hydrogen-bond donors (Lipinski definition) is 0. The minimum atomic E-state index is -1.55. The number of rotatable bonds is 8. The number of hydrogen-bond acceptors (Lipinski definition) is 7. The molecule has 2 aliphatic carbocycles. The van der Waals surface area contributed by atoms with Gasteiger partial charge in [0.25, 0.3) is 0 Å². The van der Waals surface area contributed by atoms with Crippen molar-refractivity contribution in [2.75, 3.05) is 19.1 Å². The molecule has 252 valence electrons. The van der Waals surface area contributed by atoms with Gasteiger partial charge in [-0.05, 0) is 81.9 Å². The van der Waals surface area contributed by atoms with E-state index < -0.39 is 40.4 Å². The molecule has 8 rings (SSSR count). The van der Waals surface area contributed by atoms with Crippen molar-refractivity contribution >= 4 is 40.4 Å². The van der Waals surface area contributed by atoms with Crippen molar-refractivity contribution in [3.8, 4) is 17.2 Å². The van der Waals surface area contributed by atoms with Gasteiger partial charge in [-0.1, -0.05) is 84.9 Å². The van der Waals surface area contributed by atoms with Crippen LogP contribution in [-0.2, 0) is 30.0 Å². The van der Waals surface area contributed by atoms with Crippen molar-refractivity contribution < 1.29 is 33.4 Å². The molecule has 2 amide bonds. The number of anilines is 1. The van der Waals surface area contributed by atoms with Crippen molar-refractivity contribution in [3.63, 3.8) is 0 Å². The molecule has 2 fully saturated rings. The molecule has 5 aromatic rings. The van der Waals surface area contributed by atoms with E-state index in [4.69, 9.17) is 14.2 Å². The zero-order chi connectivity index (χ0) is 35.5. The Balaban J connectivity index is 1.48. The smallest absolute Gasteiger partial charge is 0.308 e. The number of imide groups is 1. The average Bonchev–Trinajstić information content (AvgIpc) is 3.68. The highest BCUT2D eigenvalue weighted by atomic mass is 16.5. The quantitative estimate of drug-likeness (QED) is 0.101. The van der Waals surface area contributed by atoms with Crippen LogP contribution in [0.5, 0.6) is 17.2 Å². The lowest BCUT2D eigenvalue weighted by Crippen LogP contribution is -2.45. The summed E-state index contributed by atoms with van der Waals surface area (Å²) >= 11 is 0. The number of benzene rings is 5. The summed E-state index contributed by atoms with van der Waals surface area (Å²) in [5.41, 5.74) is 1.30. The fourth-order valence-electron chi connectivity index (χ4n) is 8.72.